The van der Waals surface area contributed by atoms with Crippen LogP contribution in [0.25, 0.3) is 5.65 Å². The number of aromatic carboxylic acids is 1. The van der Waals surface area contributed by atoms with Gasteiger partial charge in [-0.3, -0.25) is 4.79 Å². The third-order valence-electron chi connectivity index (χ3n) is 3.77. The van der Waals surface area contributed by atoms with Crippen LogP contribution in [0.15, 0.2) is 36.3 Å². The minimum absolute atomic E-state index is 0.0276. The maximum Gasteiger partial charge on any atom is 0.341 e. The summed E-state index contributed by atoms with van der Waals surface area (Å²) in [5, 5.41) is 19.1. The number of carboxylic acids is 1. The predicted octanol–water partition coefficient (Wildman–Crippen LogP) is 1.82. The van der Waals surface area contributed by atoms with Crippen molar-refractivity contribution in [3.8, 4) is 0 Å². The van der Waals surface area contributed by atoms with Crippen molar-refractivity contribution in [1.29, 1.82) is 0 Å². The number of carboxylic acid groups (broad SMARTS) is 1. The molecule has 0 aliphatic carbocycles. The normalized spacial score (nSPS) is 12.0. The molecule has 9 nitrogen and oxygen atoms in total. The van der Waals surface area contributed by atoms with E-state index in [1.54, 1.807) is 25.3 Å². The van der Waals surface area contributed by atoms with Crippen LogP contribution in [-0.4, -0.2) is 57.0 Å². The summed E-state index contributed by atoms with van der Waals surface area (Å²) < 4.78 is 1.39. The zero-order valence-corrected chi connectivity index (χ0v) is 15.1. The van der Waals surface area contributed by atoms with Crippen molar-refractivity contribution in [2.75, 3.05) is 24.7 Å². The van der Waals surface area contributed by atoms with E-state index >= 15 is 0 Å². The maximum absolute atomic E-state index is 11.3. The number of hydrogen-bond donors (Lipinski definition) is 3. The van der Waals surface area contributed by atoms with E-state index < -0.39 is 5.97 Å². The molecule has 138 valence electrons. The molecule has 0 aromatic carbocycles. The molecule has 3 N–H and O–H groups in total. The highest BCUT2D eigenvalue weighted by Gasteiger charge is 2.16. The molecule has 0 amide bonds. The highest BCUT2D eigenvalue weighted by atomic mass is 16.4. The van der Waals surface area contributed by atoms with E-state index in [1.807, 2.05) is 18.1 Å². The molecule has 0 aliphatic heterocycles. The van der Waals surface area contributed by atoms with Gasteiger partial charge in [0.1, 0.15) is 17.2 Å². The third kappa shape index (κ3) is 4.18. The van der Waals surface area contributed by atoms with Gasteiger partial charge in [0.05, 0.1) is 11.9 Å². The highest BCUT2D eigenvalue weighted by molar-refractivity contribution is 5.94. The Labute approximate surface area is 151 Å². The van der Waals surface area contributed by atoms with Crippen LogP contribution in [0.1, 0.15) is 24.2 Å². The lowest BCUT2D eigenvalue weighted by Crippen LogP contribution is -2.19. The Hall–Kier alpha value is -3.36. The Morgan fingerprint density at radius 2 is 2.15 bits per heavy atom. The fourth-order valence-electron chi connectivity index (χ4n) is 2.07. The molecule has 2 rings (SSSR count). The average Bonchev–Trinajstić information content (AvgIpc) is 3.03. The van der Waals surface area contributed by atoms with Crippen molar-refractivity contribution in [2.45, 2.75) is 19.9 Å². The SMILES string of the molecule is CNc1cc(N/C(C=O)=C/C=C\N(C)C(C)C)nc2c(C(=O)O)cnn12. The van der Waals surface area contributed by atoms with Crippen molar-refractivity contribution in [3.63, 3.8) is 0 Å². The van der Waals surface area contributed by atoms with Crippen LogP contribution in [0.3, 0.4) is 0 Å². The van der Waals surface area contributed by atoms with Crippen molar-refractivity contribution < 1.29 is 14.7 Å². The summed E-state index contributed by atoms with van der Waals surface area (Å²) in [5.74, 6) is -0.267. The molecule has 0 radical (unpaired) electrons. The van der Waals surface area contributed by atoms with Gasteiger partial charge in [-0.05, 0) is 32.2 Å². The van der Waals surface area contributed by atoms with Crippen molar-refractivity contribution in [2.24, 2.45) is 0 Å². The Morgan fingerprint density at radius 1 is 1.42 bits per heavy atom. The molecule has 0 fully saturated rings. The summed E-state index contributed by atoms with van der Waals surface area (Å²) >= 11 is 0. The van der Waals surface area contributed by atoms with E-state index in [9.17, 15) is 14.7 Å². The molecule has 0 saturated carbocycles. The monoisotopic (exact) mass is 358 g/mol. The van der Waals surface area contributed by atoms with E-state index in [4.69, 9.17) is 0 Å². The molecular weight excluding hydrogens is 336 g/mol. The lowest BCUT2D eigenvalue weighted by molar-refractivity contribution is -0.104. The Bertz CT molecular complexity index is 869. The Kier molecular flexibility index (Phi) is 5.94. The van der Waals surface area contributed by atoms with Crippen LogP contribution in [0.5, 0.6) is 0 Å². The topological polar surface area (TPSA) is 112 Å². The van der Waals surface area contributed by atoms with E-state index in [-0.39, 0.29) is 16.9 Å². The molecule has 0 spiro atoms. The largest absolute Gasteiger partial charge is 0.477 e. The number of carbonyl (C=O) groups is 2. The van der Waals surface area contributed by atoms with Gasteiger partial charge in [-0.15, -0.1) is 0 Å². The number of anilines is 2. The Morgan fingerprint density at radius 3 is 2.73 bits per heavy atom. The van der Waals surface area contributed by atoms with Crippen molar-refractivity contribution in [1.82, 2.24) is 19.5 Å². The molecule has 0 saturated heterocycles. The minimum atomic E-state index is -1.13. The van der Waals surface area contributed by atoms with Crippen LogP contribution in [0, 0.1) is 0 Å². The zero-order chi connectivity index (χ0) is 19.3. The second kappa shape index (κ2) is 8.15. The van der Waals surface area contributed by atoms with Crippen LogP contribution >= 0.6 is 0 Å². The minimum Gasteiger partial charge on any atom is -0.477 e. The molecule has 0 unspecified atom stereocenters. The first-order valence-corrected chi connectivity index (χ1v) is 7.99. The van der Waals surface area contributed by atoms with Crippen LogP contribution in [-0.2, 0) is 4.79 Å². The summed E-state index contributed by atoms with van der Waals surface area (Å²) in [6, 6.07) is 1.97. The van der Waals surface area contributed by atoms with Gasteiger partial charge < -0.3 is 20.6 Å². The fraction of sp³-hybridized carbons (Fsp3) is 0.294. The van der Waals surface area contributed by atoms with Crippen LogP contribution < -0.4 is 10.6 Å². The van der Waals surface area contributed by atoms with Gasteiger partial charge in [-0.25, -0.2) is 9.78 Å². The molecule has 2 heterocycles. The van der Waals surface area contributed by atoms with E-state index in [1.165, 1.54) is 10.7 Å². The molecule has 26 heavy (non-hydrogen) atoms. The van der Waals surface area contributed by atoms with Gasteiger partial charge in [0.2, 0.25) is 0 Å². The summed E-state index contributed by atoms with van der Waals surface area (Å²) in [4.78, 5) is 28.9. The van der Waals surface area contributed by atoms with Gasteiger partial charge >= 0.3 is 5.97 Å². The summed E-state index contributed by atoms with van der Waals surface area (Å²) in [6.07, 6.45) is 7.11. The molecule has 2 aromatic rings. The molecule has 0 aliphatic rings. The summed E-state index contributed by atoms with van der Waals surface area (Å²) in [7, 11) is 3.62. The fourth-order valence-corrected chi connectivity index (χ4v) is 2.07. The van der Waals surface area contributed by atoms with Crippen LogP contribution in [0.4, 0.5) is 11.6 Å². The number of nitrogens with zero attached hydrogens (tertiary/aromatic N) is 4. The van der Waals surface area contributed by atoms with Gasteiger partial charge in [-0.2, -0.15) is 9.61 Å². The van der Waals surface area contributed by atoms with Gasteiger partial charge in [0.25, 0.3) is 0 Å². The first kappa shape index (κ1) is 19.0. The Balaban J connectivity index is 2.35. The van der Waals surface area contributed by atoms with Gasteiger partial charge in [-0.1, -0.05) is 0 Å². The van der Waals surface area contributed by atoms with Crippen molar-refractivity contribution in [3.05, 3.63) is 41.9 Å². The summed E-state index contributed by atoms with van der Waals surface area (Å²) in [6.45, 7) is 4.11. The number of aldehydes is 1. The zero-order valence-electron chi connectivity index (χ0n) is 15.1. The predicted molar refractivity (Wildman–Crippen MR) is 99.3 cm³/mol. The number of allylic oxidation sites excluding steroid dienone is 3. The van der Waals surface area contributed by atoms with Gasteiger partial charge in [0, 0.05) is 26.2 Å². The average molecular weight is 358 g/mol. The number of fused-ring (bicyclic) bond motifs is 1. The highest BCUT2D eigenvalue weighted by Crippen LogP contribution is 2.19. The first-order chi connectivity index (χ1) is 12.4. The van der Waals surface area contributed by atoms with Crippen LogP contribution in [0.2, 0.25) is 0 Å². The smallest absolute Gasteiger partial charge is 0.341 e. The second-order valence-corrected chi connectivity index (χ2v) is 5.84. The third-order valence-corrected chi connectivity index (χ3v) is 3.77. The molecule has 9 heteroatoms. The van der Waals surface area contributed by atoms with E-state index in [0.717, 1.165) is 0 Å². The maximum atomic E-state index is 11.3. The van der Waals surface area contributed by atoms with E-state index in [0.29, 0.717) is 24.0 Å². The second-order valence-electron chi connectivity index (χ2n) is 5.84. The number of rotatable bonds is 8. The number of hydrogen-bond acceptors (Lipinski definition) is 7. The molecule has 0 atom stereocenters. The molecule has 2 aromatic heterocycles. The van der Waals surface area contributed by atoms with E-state index in [2.05, 4.69) is 34.6 Å². The van der Waals surface area contributed by atoms with Crippen molar-refractivity contribution >= 4 is 29.5 Å². The standard InChI is InChI=1S/C17H22N6O3/c1-11(2)22(4)7-5-6-12(10-24)20-14-8-15(18-3)23-16(21-14)13(9-19-23)17(25)26/h5-11,18H,1-4H3,(H,20,21)(H,25,26)/b7-5-,12-6+. The first-order valence-electron chi connectivity index (χ1n) is 7.99. The van der Waals surface area contributed by atoms with Gasteiger partial charge in [0.15, 0.2) is 11.9 Å². The lowest BCUT2D eigenvalue weighted by Gasteiger charge is -2.17. The number of aromatic nitrogens is 3. The molecule has 0 bridgehead atoms. The number of carbonyl (C=O) groups excluding carboxylic acids is 1. The quantitative estimate of drug-likeness (QED) is 0.372. The number of nitrogens with one attached hydrogen (secondary N) is 2. The summed E-state index contributed by atoms with van der Waals surface area (Å²) in [5.41, 5.74) is 0.432. The molecular formula is C17H22N6O3. The lowest BCUT2D eigenvalue weighted by atomic mass is 10.3.